The molecule has 0 aromatic heterocycles. The molecule has 0 fully saturated rings. The van der Waals surface area contributed by atoms with E-state index in [1.165, 1.54) is 87.6 Å². The van der Waals surface area contributed by atoms with Gasteiger partial charge in [-0.3, -0.25) is 0 Å². The number of hydrogen-bond donors (Lipinski definition) is 0. The highest BCUT2D eigenvalue weighted by atomic mass is 14.2. The minimum absolute atomic E-state index is 1.22. The first-order chi connectivity index (χ1) is 22.8. The molecule has 0 radical (unpaired) electrons. The summed E-state index contributed by atoms with van der Waals surface area (Å²) >= 11 is 0. The summed E-state index contributed by atoms with van der Waals surface area (Å²) in [4.78, 5) is 0. The Morgan fingerprint density at radius 2 is 0.674 bits per heavy atom. The van der Waals surface area contributed by atoms with E-state index in [0.717, 1.165) is 0 Å². The zero-order valence-corrected chi connectivity index (χ0v) is 25.3. The Balaban J connectivity index is 1.38. The van der Waals surface area contributed by atoms with Crippen molar-refractivity contribution in [3.63, 3.8) is 0 Å². The number of fused-ring (bicyclic) bond motifs is 6. The number of benzene rings is 9. The molecule has 0 heterocycles. The maximum atomic E-state index is 2.43. The lowest BCUT2D eigenvalue weighted by Crippen LogP contribution is -1.91. The first-order valence-corrected chi connectivity index (χ1v) is 15.9. The van der Waals surface area contributed by atoms with Gasteiger partial charge in [0, 0.05) is 0 Å². The van der Waals surface area contributed by atoms with Gasteiger partial charge in [0.15, 0.2) is 0 Å². The van der Waals surface area contributed by atoms with E-state index in [0.29, 0.717) is 0 Å². The van der Waals surface area contributed by atoms with Gasteiger partial charge in [-0.1, -0.05) is 152 Å². The molecule has 0 atom stereocenters. The SMILES string of the molecule is c1ccc(-c2cc(-c3ccccc3)cc(-c3cc4cc(-c5cccc6ccccc56)c5ccccc5c4c4ccccc34)c2)cc1. The molecule has 0 spiro atoms. The molecule has 0 amide bonds. The smallest absolute Gasteiger partial charge is 0.00259 e. The van der Waals surface area contributed by atoms with Gasteiger partial charge in [-0.05, 0) is 118 Å². The van der Waals surface area contributed by atoms with E-state index in [1.54, 1.807) is 0 Å². The molecule has 0 bridgehead atoms. The van der Waals surface area contributed by atoms with Gasteiger partial charge in [0.25, 0.3) is 0 Å². The molecule has 0 aliphatic heterocycles. The Hall–Kier alpha value is -5.98. The second kappa shape index (κ2) is 10.9. The third-order valence-electron chi connectivity index (χ3n) is 9.40. The summed E-state index contributed by atoms with van der Waals surface area (Å²) in [5.41, 5.74) is 9.88. The third-order valence-corrected chi connectivity index (χ3v) is 9.40. The lowest BCUT2D eigenvalue weighted by molar-refractivity contribution is 1.58. The molecule has 9 aromatic rings. The molecule has 214 valence electrons. The monoisotopic (exact) mass is 582 g/mol. The summed E-state index contributed by atoms with van der Waals surface area (Å²) in [6.45, 7) is 0. The molecule has 0 aliphatic carbocycles. The molecule has 0 saturated carbocycles. The first-order valence-electron chi connectivity index (χ1n) is 15.9. The molecule has 9 rings (SSSR count). The van der Waals surface area contributed by atoms with Crippen molar-refractivity contribution in [3.05, 3.63) is 182 Å². The Morgan fingerprint density at radius 3 is 1.30 bits per heavy atom. The van der Waals surface area contributed by atoms with Crippen LogP contribution in [0.25, 0.3) is 87.6 Å². The molecule has 9 aromatic carbocycles. The van der Waals surface area contributed by atoms with Crippen LogP contribution < -0.4 is 0 Å². The normalized spacial score (nSPS) is 11.5. The van der Waals surface area contributed by atoms with Gasteiger partial charge in [0.05, 0.1) is 0 Å². The molecule has 0 nitrogen and oxygen atoms in total. The van der Waals surface area contributed by atoms with Crippen molar-refractivity contribution < 1.29 is 0 Å². The lowest BCUT2D eigenvalue weighted by Gasteiger charge is -2.18. The Kier molecular flexibility index (Phi) is 6.25. The highest BCUT2D eigenvalue weighted by Crippen LogP contribution is 2.44. The van der Waals surface area contributed by atoms with Crippen molar-refractivity contribution in [3.8, 4) is 44.5 Å². The summed E-state index contributed by atoms with van der Waals surface area (Å²) < 4.78 is 0. The first kappa shape index (κ1) is 26.4. The highest BCUT2D eigenvalue weighted by molar-refractivity contribution is 6.26. The Morgan fingerprint density at radius 1 is 0.217 bits per heavy atom. The van der Waals surface area contributed by atoms with E-state index in [2.05, 4.69) is 182 Å². The van der Waals surface area contributed by atoms with E-state index in [4.69, 9.17) is 0 Å². The van der Waals surface area contributed by atoms with Crippen molar-refractivity contribution in [2.24, 2.45) is 0 Å². The zero-order chi connectivity index (χ0) is 30.5. The summed E-state index contributed by atoms with van der Waals surface area (Å²) in [5, 5.41) is 10.2. The van der Waals surface area contributed by atoms with E-state index >= 15 is 0 Å². The molecule has 0 aliphatic rings. The van der Waals surface area contributed by atoms with Crippen LogP contribution in [0.3, 0.4) is 0 Å². The van der Waals surface area contributed by atoms with Crippen LogP contribution in [0.4, 0.5) is 0 Å². The van der Waals surface area contributed by atoms with Crippen LogP contribution >= 0.6 is 0 Å². The van der Waals surface area contributed by atoms with E-state index in [1.807, 2.05) is 0 Å². The van der Waals surface area contributed by atoms with Crippen LogP contribution in [0.5, 0.6) is 0 Å². The van der Waals surface area contributed by atoms with Crippen molar-refractivity contribution in [2.45, 2.75) is 0 Å². The summed E-state index contributed by atoms with van der Waals surface area (Å²) in [6, 6.07) is 66.6. The van der Waals surface area contributed by atoms with E-state index in [9.17, 15) is 0 Å². The molecular formula is C46H30. The summed E-state index contributed by atoms with van der Waals surface area (Å²) in [5.74, 6) is 0. The minimum atomic E-state index is 1.22. The standard InChI is InChI=1S/C46H30/c1-3-14-31(15-4-1)34-26-35(32-16-5-2-6-17-32)28-36(27-34)44-29-37-30-45(39-25-13-19-33-18-7-8-20-38(33)39)41-22-10-12-24-43(41)46(37)42-23-11-9-21-40(42)44/h1-30H. The molecule has 0 unspecified atom stereocenters. The van der Waals surface area contributed by atoms with Gasteiger partial charge in [0.2, 0.25) is 0 Å². The molecule has 0 heteroatoms. The van der Waals surface area contributed by atoms with Crippen molar-refractivity contribution in [1.29, 1.82) is 0 Å². The van der Waals surface area contributed by atoms with Gasteiger partial charge >= 0.3 is 0 Å². The highest BCUT2D eigenvalue weighted by Gasteiger charge is 2.17. The van der Waals surface area contributed by atoms with Gasteiger partial charge in [0.1, 0.15) is 0 Å². The maximum Gasteiger partial charge on any atom is -0.00259 e. The largest absolute Gasteiger partial charge is 0.0622 e. The van der Waals surface area contributed by atoms with Crippen LogP contribution in [-0.2, 0) is 0 Å². The fourth-order valence-corrected chi connectivity index (χ4v) is 7.28. The molecule has 0 N–H and O–H groups in total. The lowest BCUT2D eigenvalue weighted by atomic mass is 9.85. The molecular weight excluding hydrogens is 553 g/mol. The van der Waals surface area contributed by atoms with Crippen LogP contribution in [-0.4, -0.2) is 0 Å². The van der Waals surface area contributed by atoms with Crippen LogP contribution in [0.15, 0.2) is 182 Å². The predicted octanol–water partition coefficient (Wildman–Crippen LogP) is 13.0. The van der Waals surface area contributed by atoms with Gasteiger partial charge in [-0.2, -0.15) is 0 Å². The quantitative estimate of drug-likeness (QED) is 0.181. The second-order valence-corrected chi connectivity index (χ2v) is 12.1. The Bertz CT molecular complexity index is 2500. The fraction of sp³-hybridized carbons (Fsp3) is 0. The average Bonchev–Trinajstić information content (AvgIpc) is 3.14. The van der Waals surface area contributed by atoms with Gasteiger partial charge in [-0.15, -0.1) is 0 Å². The van der Waals surface area contributed by atoms with Crippen molar-refractivity contribution >= 4 is 43.1 Å². The van der Waals surface area contributed by atoms with Crippen molar-refractivity contribution in [1.82, 2.24) is 0 Å². The number of rotatable bonds is 4. The van der Waals surface area contributed by atoms with Gasteiger partial charge < -0.3 is 0 Å². The zero-order valence-electron chi connectivity index (χ0n) is 25.3. The Labute approximate surface area is 268 Å². The summed E-state index contributed by atoms with van der Waals surface area (Å²) in [7, 11) is 0. The third kappa shape index (κ3) is 4.38. The predicted molar refractivity (Wildman–Crippen MR) is 198 cm³/mol. The molecule has 46 heavy (non-hydrogen) atoms. The summed E-state index contributed by atoms with van der Waals surface area (Å²) in [6.07, 6.45) is 0. The minimum Gasteiger partial charge on any atom is -0.0622 e. The topological polar surface area (TPSA) is 0 Å². The average molecular weight is 583 g/mol. The van der Waals surface area contributed by atoms with Gasteiger partial charge in [-0.25, -0.2) is 0 Å². The van der Waals surface area contributed by atoms with Crippen LogP contribution in [0, 0.1) is 0 Å². The van der Waals surface area contributed by atoms with E-state index < -0.39 is 0 Å². The molecule has 0 saturated heterocycles. The van der Waals surface area contributed by atoms with Crippen LogP contribution in [0.2, 0.25) is 0 Å². The maximum absolute atomic E-state index is 2.43. The van der Waals surface area contributed by atoms with Crippen LogP contribution in [0.1, 0.15) is 0 Å². The van der Waals surface area contributed by atoms with E-state index in [-0.39, 0.29) is 0 Å². The number of hydrogen-bond acceptors (Lipinski definition) is 0. The van der Waals surface area contributed by atoms with Crippen molar-refractivity contribution in [2.75, 3.05) is 0 Å². The second-order valence-electron chi connectivity index (χ2n) is 12.1. The fourth-order valence-electron chi connectivity index (χ4n) is 7.28.